The third-order valence-electron chi connectivity index (χ3n) is 3.60. The van der Waals surface area contributed by atoms with Crippen LogP contribution in [0, 0.1) is 6.92 Å². The van der Waals surface area contributed by atoms with Gasteiger partial charge in [0, 0.05) is 13.1 Å². The summed E-state index contributed by atoms with van der Waals surface area (Å²) in [6.07, 6.45) is 4.00. The molecule has 1 aromatic carbocycles. The number of amides is 1. The quantitative estimate of drug-likeness (QED) is 0.843. The first-order valence-corrected chi connectivity index (χ1v) is 7.68. The van der Waals surface area contributed by atoms with Crippen LogP contribution in [-0.4, -0.2) is 28.9 Å². The van der Waals surface area contributed by atoms with Crippen LogP contribution in [0.1, 0.15) is 29.8 Å². The molecule has 0 aliphatic carbocycles. The number of hydrogen-bond donors (Lipinski definition) is 0. The number of fused-ring (bicyclic) bond motifs is 1. The molecular formula is C15H18N2OS. The number of nitrogens with zero attached hydrogens (tertiary/aromatic N) is 2. The molecule has 0 radical (unpaired) electrons. The van der Waals surface area contributed by atoms with E-state index in [1.165, 1.54) is 16.7 Å². The second kappa shape index (κ2) is 5.29. The standard InChI is InChI=1S/C15H18N2OS/c1-11-5-6-12-13(9-11)19-14(16-12)10-15(18)17-7-3-2-4-8-17/h5-6,9H,2-4,7-8,10H2,1H3. The van der Waals surface area contributed by atoms with Gasteiger partial charge in [0.15, 0.2) is 0 Å². The van der Waals surface area contributed by atoms with E-state index in [4.69, 9.17) is 0 Å². The van der Waals surface area contributed by atoms with Crippen molar-refractivity contribution >= 4 is 27.5 Å². The van der Waals surface area contributed by atoms with Gasteiger partial charge in [0.2, 0.25) is 5.91 Å². The van der Waals surface area contributed by atoms with E-state index in [9.17, 15) is 4.79 Å². The number of carbonyl (C=O) groups is 1. The van der Waals surface area contributed by atoms with Gasteiger partial charge in [-0.25, -0.2) is 4.98 Å². The molecule has 1 aliphatic heterocycles. The lowest BCUT2D eigenvalue weighted by Crippen LogP contribution is -2.36. The maximum absolute atomic E-state index is 12.2. The van der Waals surface area contributed by atoms with E-state index in [-0.39, 0.29) is 5.91 Å². The summed E-state index contributed by atoms with van der Waals surface area (Å²) in [5.41, 5.74) is 2.25. The number of aromatic nitrogens is 1. The molecule has 2 aromatic rings. The number of thiazole rings is 1. The van der Waals surface area contributed by atoms with E-state index < -0.39 is 0 Å². The van der Waals surface area contributed by atoms with Gasteiger partial charge in [0.05, 0.1) is 16.6 Å². The summed E-state index contributed by atoms with van der Waals surface area (Å²) in [6, 6.07) is 6.25. The summed E-state index contributed by atoms with van der Waals surface area (Å²) in [4.78, 5) is 18.8. The summed E-state index contributed by atoms with van der Waals surface area (Å²) in [5.74, 6) is 0.232. The van der Waals surface area contributed by atoms with E-state index in [0.717, 1.165) is 36.5 Å². The molecule has 19 heavy (non-hydrogen) atoms. The molecule has 1 saturated heterocycles. The summed E-state index contributed by atoms with van der Waals surface area (Å²) >= 11 is 1.65. The summed E-state index contributed by atoms with van der Waals surface area (Å²) in [6.45, 7) is 3.92. The first-order chi connectivity index (χ1) is 9.22. The van der Waals surface area contributed by atoms with Gasteiger partial charge in [0.1, 0.15) is 5.01 Å². The van der Waals surface area contributed by atoms with Crippen molar-refractivity contribution in [2.45, 2.75) is 32.6 Å². The molecule has 0 atom stereocenters. The van der Waals surface area contributed by atoms with Gasteiger partial charge >= 0.3 is 0 Å². The van der Waals surface area contributed by atoms with Crippen molar-refractivity contribution < 1.29 is 4.79 Å². The van der Waals surface area contributed by atoms with Crippen molar-refractivity contribution in [1.29, 1.82) is 0 Å². The molecule has 0 N–H and O–H groups in total. The van der Waals surface area contributed by atoms with Crippen molar-refractivity contribution in [2.75, 3.05) is 13.1 Å². The van der Waals surface area contributed by atoms with Crippen LogP contribution in [0.2, 0.25) is 0 Å². The van der Waals surface area contributed by atoms with Gasteiger partial charge in [-0.1, -0.05) is 6.07 Å². The summed E-state index contributed by atoms with van der Waals surface area (Å²) < 4.78 is 1.18. The van der Waals surface area contributed by atoms with Crippen LogP contribution >= 0.6 is 11.3 Å². The minimum atomic E-state index is 0.232. The average molecular weight is 274 g/mol. The Morgan fingerprint density at radius 2 is 2.11 bits per heavy atom. The predicted molar refractivity (Wildman–Crippen MR) is 78.5 cm³/mol. The van der Waals surface area contributed by atoms with Crippen molar-refractivity contribution in [2.24, 2.45) is 0 Å². The van der Waals surface area contributed by atoms with E-state index >= 15 is 0 Å². The molecule has 1 aromatic heterocycles. The fourth-order valence-corrected chi connectivity index (χ4v) is 3.60. The van der Waals surface area contributed by atoms with Crippen LogP contribution in [-0.2, 0) is 11.2 Å². The number of rotatable bonds is 2. The number of aryl methyl sites for hydroxylation is 1. The molecule has 1 amide bonds. The van der Waals surface area contributed by atoms with E-state index in [0.29, 0.717) is 6.42 Å². The Morgan fingerprint density at radius 1 is 1.32 bits per heavy atom. The molecule has 3 nitrogen and oxygen atoms in total. The molecule has 0 bridgehead atoms. The Morgan fingerprint density at radius 3 is 2.89 bits per heavy atom. The lowest BCUT2D eigenvalue weighted by Gasteiger charge is -2.26. The third kappa shape index (κ3) is 2.78. The smallest absolute Gasteiger partial charge is 0.229 e. The highest BCUT2D eigenvalue weighted by Gasteiger charge is 2.18. The maximum Gasteiger partial charge on any atom is 0.229 e. The zero-order valence-corrected chi connectivity index (χ0v) is 12.0. The van der Waals surface area contributed by atoms with Crippen LogP contribution in [0.4, 0.5) is 0 Å². The normalized spacial score (nSPS) is 15.9. The van der Waals surface area contributed by atoms with Gasteiger partial charge in [0.25, 0.3) is 0 Å². The minimum Gasteiger partial charge on any atom is -0.342 e. The van der Waals surface area contributed by atoms with Crippen LogP contribution in [0.5, 0.6) is 0 Å². The average Bonchev–Trinajstić information content (AvgIpc) is 2.81. The zero-order chi connectivity index (χ0) is 13.2. The van der Waals surface area contributed by atoms with Gasteiger partial charge in [-0.15, -0.1) is 11.3 Å². The number of hydrogen-bond acceptors (Lipinski definition) is 3. The first kappa shape index (κ1) is 12.6. The molecule has 0 saturated carbocycles. The summed E-state index contributed by atoms with van der Waals surface area (Å²) in [5, 5.41) is 0.941. The second-order valence-corrected chi connectivity index (χ2v) is 6.31. The molecular weight excluding hydrogens is 256 g/mol. The highest BCUT2D eigenvalue weighted by Crippen LogP contribution is 2.24. The van der Waals surface area contributed by atoms with Crippen molar-refractivity contribution in [3.8, 4) is 0 Å². The Bertz CT molecular complexity index is 599. The third-order valence-corrected chi connectivity index (χ3v) is 4.62. The Kier molecular flexibility index (Phi) is 3.51. The Hall–Kier alpha value is -1.42. The van der Waals surface area contributed by atoms with E-state index in [2.05, 4.69) is 24.0 Å². The molecule has 2 heterocycles. The van der Waals surface area contributed by atoms with Gasteiger partial charge in [-0.2, -0.15) is 0 Å². The number of benzene rings is 1. The van der Waals surface area contributed by atoms with Crippen LogP contribution in [0.3, 0.4) is 0 Å². The molecule has 4 heteroatoms. The van der Waals surface area contributed by atoms with Gasteiger partial charge in [-0.05, 0) is 43.9 Å². The lowest BCUT2D eigenvalue weighted by atomic mass is 10.1. The fraction of sp³-hybridized carbons (Fsp3) is 0.467. The zero-order valence-electron chi connectivity index (χ0n) is 11.2. The number of piperidine rings is 1. The highest BCUT2D eigenvalue weighted by molar-refractivity contribution is 7.18. The van der Waals surface area contributed by atoms with Crippen molar-refractivity contribution in [1.82, 2.24) is 9.88 Å². The number of likely N-dealkylation sites (tertiary alicyclic amines) is 1. The van der Waals surface area contributed by atoms with Crippen molar-refractivity contribution in [3.63, 3.8) is 0 Å². The predicted octanol–water partition coefficient (Wildman–Crippen LogP) is 3.16. The maximum atomic E-state index is 12.2. The molecule has 100 valence electrons. The van der Waals surface area contributed by atoms with Gasteiger partial charge < -0.3 is 4.90 Å². The van der Waals surface area contributed by atoms with Crippen LogP contribution < -0.4 is 0 Å². The summed E-state index contributed by atoms with van der Waals surface area (Å²) in [7, 11) is 0. The topological polar surface area (TPSA) is 33.2 Å². The second-order valence-electron chi connectivity index (χ2n) is 5.20. The van der Waals surface area contributed by atoms with Crippen LogP contribution in [0.25, 0.3) is 10.2 Å². The largest absolute Gasteiger partial charge is 0.342 e. The van der Waals surface area contributed by atoms with Gasteiger partial charge in [-0.3, -0.25) is 4.79 Å². The van der Waals surface area contributed by atoms with Crippen molar-refractivity contribution in [3.05, 3.63) is 28.8 Å². The molecule has 0 unspecified atom stereocenters. The van der Waals surface area contributed by atoms with E-state index in [1.807, 2.05) is 11.0 Å². The molecule has 0 spiro atoms. The minimum absolute atomic E-state index is 0.232. The first-order valence-electron chi connectivity index (χ1n) is 6.86. The molecule has 3 rings (SSSR count). The Labute approximate surface area is 117 Å². The monoisotopic (exact) mass is 274 g/mol. The molecule has 1 fully saturated rings. The molecule has 1 aliphatic rings. The highest BCUT2D eigenvalue weighted by atomic mass is 32.1. The SMILES string of the molecule is Cc1ccc2nc(CC(=O)N3CCCCC3)sc2c1. The van der Waals surface area contributed by atoms with E-state index in [1.54, 1.807) is 11.3 Å². The van der Waals surface area contributed by atoms with Crippen LogP contribution in [0.15, 0.2) is 18.2 Å². The Balaban J connectivity index is 1.75. The fourth-order valence-electron chi connectivity index (χ4n) is 2.54. The lowest BCUT2D eigenvalue weighted by molar-refractivity contribution is -0.131. The number of carbonyl (C=O) groups excluding carboxylic acids is 1.